The third kappa shape index (κ3) is 7.84. The van der Waals surface area contributed by atoms with Gasteiger partial charge >= 0.3 is 0 Å². The second kappa shape index (κ2) is 13.3. The van der Waals surface area contributed by atoms with Crippen molar-refractivity contribution < 1.29 is 37.4 Å². The third-order valence-corrected chi connectivity index (χ3v) is 4.90. The van der Waals surface area contributed by atoms with Crippen LogP contribution in [0.2, 0.25) is 0 Å². The fourth-order valence-corrected chi connectivity index (χ4v) is 3.10. The first-order valence-electron chi connectivity index (χ1n) is 9.88. The van der Waals surface area contributed by atoms with Crippen LogP contribution in [0.25, 0.3) is 0 Å². The molecule has 0 bridgehead atoms. The maximum atomic E-state index is 15.0. The van der Waals surface area contributed by atoms with Crippen molar-refractivity contribution in [1.29, 1.82) is 0 Å². The zero-order chi connectivity index (χ0) is 24.4. The Morgan fingerprint density at radius 2 is 1.88 bits per heavy atom. The summed E-state index contributed by atoms with van der Waals surface area (Å²) in [5, 5.41) is 13.6. The van der Waals surface area contributed by atoms with Gasteiger partial charge in [0.25, 0.3) is 5.91 Å². The van der Waals surface area contributed by atoms with Crippen molar-refractivity contribution in [3.8, 4) is 0 Å². The first-order chi connectivity index (χ1) is 15.8. The van der Waals surface area contributed by atoms with E-state index in [1.54, 1.807) is 6.92 Å². The van der Waals surface area contributed by atoms with Gasteiger partial charge in [0.15, 0.2) is 11.6 Å². The molecule has 0 saturated heterocycles. The van der Waals surface area contributed by atoms with Gasteiger partial charge in [-0.2, -0.15) is 0 Å². The van der Waals surface area contributed by atoms with E-state index in [4.69, 9.17) is 14.7 Å². The molecule has 0 saturated carbocycles. The second-order valence-corrected chi connectivity index (χ2v) is 7.81. The Hall–Kier alpha value is -2.42. The van der Waals surface area contributed by atoms with E-state index in [1.165, 1.54) is 18.2 Å². The highest BCUT2D eigenvalue weighted by molar-refractivity contribution is 14.1. The van der Waals surface area contributed by atoms with E-state index in [2.05, 4.69) is 10.6 Å². The van der Waals surface area contributed by atoms with E-state index in [1.807, 2.05) is 28.1 Å². The molecule has 4 N–H and O–H groups in total. The van der Waals surface area contributed by atoms with Crippen LogP contribution < -0.4 is 16.1 Å². The van der Waals surface area contributed by atoms with Gasteiger partial charge in [-0.15, -0.1) is 0 Å². The SMILES string of the molecule is CCOCCC(=O)NCc1cc(C(=O)NOCCO)c(Nc2ccc(I)cc2F)c(F)c1F. The van der Waals surface area contributed by atoms with Crippen LogP contribution >= 0.6 is 22.6 Å². The largest absolute Gasteiger partial charge is 0.394 e. The van der Waals surface area contributed by atoms with Crippen molar-refractivity contribution in [2.24, 2.45) is 0 Å². The third-order valence-electron chi connectivity index (χ3n) is 4.23. The molecular formula is C21H23F3IN3O5. The summed E-state index contributed by atoms with van der Waals surface area (Å²) in [6.45, 7) is 1.33. The maximum absolute atomic E-state index is 15.0. The van der Waals surface area contributed by atoms with Crippen LogP contribution in [-0.2, 0) is 20.9 Å². The Morgan fingerprint density at radius 1 is 1.12 bits per heavy atom. The number of hydrogen-bond donors (Lipinski definition) is 4. The van der Waals surface area contributed by atoms with E-state index >= 15 is 0 Å². The van der Waals surface area contributed by atoms with Gasteiger partial charge in [-0.25, -0.2) is 18.7 Å². The summed E-state index contributed by atoms with van der Waals surface area (Å²) < 4.78 is 49.7. The first-order valence-corrected chi connectivity index (χ1v) is 11.0. The smallest absolute Gasteiger partial charge is 0.277 e. The van der Waals surface area contributed by atoms with Gasteiger partial charge in [0.2, 0.25) is 5.91 Å². The van der Waals surface area contributed by atoms with Gasteiger partial charge in [0, 0.05) is 28.7 Å². The Bertz CT molecular complexity index is 994. The number of benzene rings is 2. The minimum absolute atomic E-state index is 0.0198. The lowest BCUT2D eigenvalue weighted by atomic mass is 10.1. The van der Waals surface area contributed by atoms with E-state index in [-0.39, 0.29) is 30.9 Å². The van der Waals surface area contributed by atoms with E-state index in [9.17, 15) is 22.8 Å². The number of carbonyl (C=O) groups excluding carboxylic acids is 2. The molecule has 0 aliphatic heterocycles. The number of carbonyl (C=O) groups is 2. The van der Waals surface area contributed by atoms with Crippen LogP contribution in [0.1, 0.15) is 29.3 Å². The normalized spacial score (nSPS) is 10.7. The Kier molecular flexibility index (Phi) is 10.8. The fourth-order valence-electron chi connectivity index (χ4n) is 2.64. The summed E-state index contributed by atoms with van der Waals surface area (Å²) in [6, 6.07) is 5.04. The molecule has 12 heteroatoms. The van der Waals surface area contributed by atoms with Crippen molar-refractivity contribution in [3.63, 3.8) is 0 Å². The molecule has 2 amide bonds. The van der Waals surface area contributed by atoms with Gasteiger partial charge in [0.1, 0.15) is 5.82 Å². The van der Waals surface area contributed by atoms with Crippen molar-refractivity contribution in [1.82, 2.24) is 10.8 Å². The van der Waals surface area contributed by atoms with E-state index < -0.39 is 53.7 Å². The quantitative estimate of drug-likeness (QED) is 0.174. The number of ether oxygens (including phenoxy) is 1. The number of anilines is 2. The van der Waals surface area contributed by atoms with Crippen LogP contribution in [0.5, 0.6) is 0 Å². The van der Waals surface area contributed by atoms with Crippen molar-refractivity contribution >= 4 is 45.8 Å². The van der Waals surface area contributed by atoms with Gasteiger partial charge in [-0.3, -0.25) is 14.4 Å². The van der Waals surface area contributed by atoms with Crippen LogP contribution in [0.3, 0.4) is 0 Å². The molecule has 33 heavy (non-hydrogen) atoms. The van der Waals surface area contributed by atoms with Crippen LogP contribution in [0, 0.1) is 21.0 Å². The summed E-state index contributed by atoms with van der Waals surface area (Å²) >= 11 is 1.88. The van der Waals surface area contributed by atoms with Gasteiger partial charge in [-0.1, -0.05) is 0 Å². The zero-order valence-corrected chi connectivity index (χ0v) is 19.8. The fraction of sp³-hybridized carbons (Fsp3) is 0.333. The molecule has 0 radical (unpaired) electrons. The summed E-state index contributed by atoms with van der Waals surface area (Å²) in [5.74, 6) is -4.93. The predicted molar refractivity (Wildman–Crippen MR) is 122 cm³/mol. The highest BCUT2D eigenvalue weighted by Gasteiger charge is 2.24. The molecule has 2 aromatic rings. The molecule has 0 aromatic heterocycles. The highest BCUT2D eigenvalue weighted by atomic mass is 127. The Balaban J connectivity index is 2.35. The van der Waals surface area contributed by atoms with Crippen LogP contribution in [-0.4, -0.2) is 43.3 Å². The number of halogens is 4. The Labute approximate surface area is 201 Å². The minimum atomic E-state index is -1.44. The molecule has 0 aliphatic carbocycles. The zero-order valence-electron chi connectivity index (χ0n) is 17.6. The molecule has 0 heterocycles. The van der Waals surface area contributed by atoms with Crippen molar-refractivity contribution in [3.05, 3.63) is 56.4 Å². The molecule has 0 spiro atoms. The first kappa shape index (κ1) is 26.8. The number of hydrogen-bond acceptors (Lipinski definition) is 6. The summed E-state index contributed by atoms with van der Waals surface area (Å²) in [6.07, 6.45) is 0.0198. The molecule has 8 nitrogen and oxygen atoms in total. The van der Waals surface area contributed by atoms with Gasteiger partial charge in [0.05, 0.1) is 36.8 Å². The number of aliphatic hydroxyl groups excluding tert-OH is 1. The monoisotopic (exact) mass is 581 g/mol. The Morgan fingerprint density at radius 3 is 2.55 bits per heavy atom. The lowest BCUT2D eigenvalue weighted by molar-refractivity contribution is -0.122. The number of aliphatic hydroxyl groups is 1. The molecular weight excluding hydrogens is 558 g/mol. The number of amides is 2. The standard InChI is InChI=1S/C21H23F3IN3O5/c1-2-32-7-5-17(30)26-11-12-9-14(21(31)28-33-8-6-29)20(19(24)18(12)23)27-16-4-3-13(25)10-15(16)22/h3-4,9-10,27,29H,2,5-8,11H2,1H3,(H,26,30)(H,28,31). The number of rotatable bonds is 12. The second-order valence-electron chi connectivity index (χ2n) is 6.56. The summed E-state index contributed by atoms with van der Waals surface area (Å²) in [5.41, 5.74) is 0.484. The topological polar surface area (TPSA) is 109 Å². The average Bonchev–Trinajstić information content (AvgIpc) is 2.78. The summed E-state index contributed by atoms with van der Waals surface area (Å²) in [7, 11) is 0. The molecule has 2 aromatic carbocycles. The van der Waals surface area contributed by atoms with Crippen molar-refractivity contribution in [2.45, 2.75) is 19.9 Å². The number of hydroxylamine groups is 1. The van der Waals surface area contributed by atoms with E-state index in [0.29, 0.717) is 10.2 Å². The lowest BCUT2D eigenvalue weighted by Crippen LogP contribution is -2.28. The van der Waals surface area contributed by atoms with Crippen molar-refractivity contribution in [2.75, 3.05) is 31.7 Å². The van der Waals surface area contributed by atoms with Crippen LogP contribution in [0.4, 0.5) is 24.5 Å². The number of nitrogens with one attached hydrogen (secondary N) is 3. The van der Waals surface area contributed by atoms with E-state index in [0.717, 1.165) is 6.07 Å². The van der Waals surface area contributed by atoms with Gasteiger partial charge in [-0.05, 0) is 53.8 Å². The van der Waals surface area contributed by atoms with Crippen LogP contribution in [0.15, 0.2) is 24.3 Å². The molecule has 0 unspecified atom stereocenters. The van der Waals surface area contributed by atoms with Gasteiger partial charge < -0.3 is 20.5 Å². The molecule has 180 valence electrons. The molecule has 0 aliphatic rings. The molecule has 0 fully saturated rings. The minimum Gasteiger partial charge on any atom is -0.394 e. The molecule has 0 atom stereocenters. The molecule has 2 rings (SSSR count). The highest BCUT2D eigenvalue weighted by Crippen LogP contribution is 2.30. The maximum Gasteiger partial charge on any atom is 0.277 e. The average molecular weight is 581 g/mol. The predicted octanol–water partition coefficient (Wildman–Crippen LogP) is 3.15. The summed E-state index contributed by atoms with van der Waals surface area (Å²) in [4.78, 5) is 29.2. The lowest BCUT2D eigenvalue weighted by Gasteiger charge is -2.17.